The van der Waals surface area contributed by atoms with Crippen molar-refractivity contribution in [1.29, 1.82) is 0 Å². The molecule has 0 bridgehead atoms. The third kappa shape index (κ3) is 3.23. The van der Waals surface area contributed by atoms with E-state index in [1.165, 1.54) is 7.11 Å². The van der Waals surface area contributed by atoms with Gasteiger partial charge in [-0.3, -0.25) is 9.78 Å². The molecule has 0 N–H and O–H groups in total. The number of rotatable bonds is 5. The van der Waals surface area contributed by atoms with Crippen LogP contribution in [-0.4, -0.2) is 25.2 Å². The molecule has 4 heteroatoms. The van der Waals surface area contributed by atoms with Gasteiger partial charge in [0.15, 0.2) is 0 Å². The Kier molecular flexibility index (Phi) is 4.75. The largest absolute Gasteiger partial charge is 0.496 e. The number of fused-ring (bicyclic) bond motifs is 1. The van der Waals surface area contributed by atoms with Crippen molar-refractivity contribution < 1.29 is 14.3 Å². The first kappa shape index (κ1) is 16.0. The van der Waals surface area contributed by atoms with Crippen LogP contribution in [-0.2, 0) is 22.4 Å². The molecule has 3 rings (SSSR count). The van der Waals surface area contributed by atoms with Crippen LogP contribution in [0.2, 0.25) is 0 Å². The Bertz CT molecular complexity index is 874. The summed E-state index contributed by atoms with van der Waals surface area (Å²) in [6, 6.07) is 15.9. The zero-order valence-corrected chi connectivity index (χ0v) is 13.8. The second-order valence-corrected chi connectivity index (χ2v) is 5.52. The zero-order valence-electron chi connectivity index (χ0n) is 13.8. The van der Waals surface area contributed by atoms with E-state index in [9.17, 15) is 4.79 Å². The lowest BCUT2D eigenvalue weighted by molar-refractivity contribution is -0.139. The van der Waals surface area contributed by atoms with E-state index >= 15 is 0 Å². The molecule has 0 saturated carbocycles. The number of para-hydroxylation sites is 1. The third-order valence-corrected chi connectivity index (χ3v) is 4.07. The first-order valence-electron chi connectivity index (χ1n) is 7.77. The van der Waals surface area contributed by atoms with Crippen molar-refractivity contribution in [3.63, 3.8) is 0 Å². The summed E-state index contributed by atoms with van der Waals surface area (Å²) in [6.07, 6.45) is 2.66. The molecular weight excluding hydrogens is 302 g/mol. The normalized spacial score (nSPS) is 10.6. The maximum Gasteiger partial charge on any atom is 0.310 e. The highest BCUT2D eigenvalue weighted by atomic mass is 16.5. The average molecular weight is 321 g/mol. The first-order valence-corrected chi connectivity index (χ1v) is 7.77. The smallest absolute Gasteiger partial charge is 0.310 e. The van der Waals surface area contributed by atoms with Crippen molar-refractivity contribution in [2.24, 2.45) is 0 Å². The molecule has 2 aromatic carbocycles. The van der Waals surface area contributed by atoms with Gasteiger partial charge in [-0.05, 0) is 17.0 Å². The molecule has 0 atom stereocenters. The van der Waals surface area contributed by atoms with Crippen LogP contribution in [0.25, 0.3) is 10.8 Å². The maximum absolute atomic E-state index is 11.6. The number of benzene rings is 2. The summed E-state index contributed by atoms with van der Waals surface area (Å²) in [5, 5.41) is 2.08. The van der Waals surface area contributed by atoms with Crippen LogP contribution in [0.15, 0.2) is 54.7 Å². The molecule has 0 radical (unpaired) electrons. The molecule has 1 heterocycles. The Morgan fingerprint density at radius 3 is 2.42 bits per heavy atom. The number of hydrogen-bond donors (Lipinski definition) is 0. The van der Waals surface area contributed by atoms with Crippen molar-refractivity contribution >= 4 is 16.7 Å². The summed E-state index contributed by atoms with van der Waals surface area (Å²) in [7, 11) is 3.07. The van der Waals surface area contributed by atoms with Crippen LogP contribution in [0.4, 0.5) is 0 Å². The minimum Gasteiger partial charge on any atom is -0.496 e. The minimum atomic E-state index is -0.264. The van der Waals surface area contributed by atoms with Crippen molar-refractivity contribution in [3.05, 3.63) is 71.5 Å². The van der Waals surface area contributed by atoms with E-state index in [2.05, 4.69) is 4.98 Å². The Hall–Kier alpha value is -2.88. The number of hydrogen-bond acceptors (Lipinski definition) is 4. The van der Waals surface area contributed by atoms with Gasteiger partial charge in [0.05, 0.1) is 26.3 Å². The fourth-order valence-corrected chi connectivity index (χ4v) is 2.85. The van der Waals surface area contributed by atoms with Gasteiger partial charge in [-0.2, -0.15) is 0 Å². The number of esters is 1. The first-order chi connectivity index (χ1) is 11.7. The maximum atomic E-state index is 11.6. The average Bonchev–Trinajstić information content (AvgIpc) is 2.64. The molecule has 24 heavy (non-hydrogen) atoms. The summed E-state index contributed by atoms with van der Waals surface area (Å²) in [4.78, 5) is 16.2. The Morgan fingerprint density at radius 1 is 0.958 bits per heavy atom. The lowest BCUT2D eigenvalue weighted by Crippen LogP contribution is -2.06. The second kappa shape index (κ2) is 7.13. The van der Waals surface area contributed by atoms with Crippen LogP contribution >= 0.6 is 0 Å². The zero-order chi connectivity index (χ0) is 16.9. The number of aromatic nitrogens is 1. The Balaban J connectivity index is 2.04. The molecule has 0 amide bonds. The van der Waals surface area contributed by atoms with Gasteiger partial charge in [-0.15, -0.1) is 0 Å². The summed E-state index contributed by atoms with van der Waals surface area (Å²) < 4.78 is 10.2. The quantitative estimate of drug-likeness (QED) is 0.674. The van der Waals surface area contributed by atoms with E-state index < -0.39 is 0 Å². The van der Waals surface area contributed by atoms with E-state index in [0.29, 0.717) is 6.42 Å². The number of ether oxygens (including phenoxy) is 2. The van der Waals surface area contributed by atoms with Crippen molar-refractivity contribution in [2.75, 3.05) is 14.2 Å². The van der Waals surface area contributed by atoms with Crippen LogP contribution in [0.5, 0.6) is 5.75 Å². The van der Waals surface area contributed by atoms with Crippen LogP contribution in [0.3, 0.4) is 0 Å². The summed E-state index contributed by atoms with van der Waals surface area (Å²) in [5.41, 5.74) is 2.92. The van der Waals surface area contributed by atoms with Crippen molar-refractivity contribution in [3.8, 4) is 5.75 Å². The molecule has 0 aliphatic carbocycles. The van der Waals surface area contributed by atoms with Crippen molar-refractivity contribution in [2.45, 2.75) is 12.8 Å². The number of pyridine rings is 1. The molecule has 0 aliphatic rings. The molecule has 0 saturated heterocycles. The van der Waals surface area contributed by atoms with Gasteiger partial charge in [0, 0.05) is 23.6 Å². The molecule has 122 valence electrons. The van der Waals surface area contributed by atoms with E-state index in [0.717, 1.165) is 33.3 Å². The van der Waals surface area contributed by atoms with Gasteiger partial charge in [0.1, 0.15) is 5.75 Å². The third-order valence-electron chi connectivity index (χ3n) is 4.07. The highest BCUT2D eigenvalue weighted by molar-refractivity contribution is 5.90. The fraction of sp³-hybridized carbons (Fsp3) is 0.200. The van der Waals surface area contributed by atoms with E-state index in [4.69, 9.17) is 9.47 Å². The molecule has 3 aromatic rings. The molecule has 0 spiro atoms. The summed E-state index contributed by atoms with van der Waals surface area (Å²) >= 11 is 0. The SMILES string of the molecule is COC(=O)Cc1cnc(Cc2ccccc2OC)c2ccccc12. The lowest BCUT2D eigenvalue weighted by atomic mass is 9.99. The van der Waals surface area contributed by atoms with Crippen LogP contribution < -0.4 is 4.74 Å². The molecule has 1 aromatic heterocycles. The highest BCUT2D eigenvalue weighted by Gasteiger charge is 2.12. The molecular formula is C20H19NO3. The summed E-state index contributed by atoms with van der Waals surface area (Å²) in [5.74, 6) is 0.585. The lowest BCUT2D eigenvalue weighted by Gasteiger charge is -2.12. The van der Waals surface area contributed by atoms with E-state index in [1.807, 2.05) is 48.5 Å². The second-order valence-electron chi connectivity index (χ2n) is 5.52. The van der Waals surface area contributed by atoms with Crippen molar-refractivity contribution in [1.82, 2.24) is 4.98 Å². The standard InChI is InChI=1S/C20H19NO3/c1-23-19-10-6-3-7-14(19)11-18-17-9-5-4-8-16(17)15(13-21-18)12-20(22)24-2/h3-10,13H,11-12H2,1-2H3. The van der Waals surface area contributed by atoms with Gasteiger partial charge >= 0.3 is 5.97 Å². The molecule has 0 aliphatic heterocycles. The minimum absolute atomic E-state index is 0.221. The summed E-state index contributed by atoms with van der Waals surface area (Å²) in [6.45, 7) is 0. The number of carbonyl (C=O) groups is 1. The topological polar surface area (TPSA) is 48.4 Å². The van der Waals surface area contributed by atoms with Gasteiger partial charge in [0.25, 0.3) is 0 Å². The molecule has 0 fully saturated rings. The van der Waals surface area contributed by atoms with Gasteiger partial charge < -0.3 is 9.47 Å². The number of carbonyl (C=O) groups excluding carboxylic acids is 1. The van der Waals surface area contributed by atoms with E-state index in [-0.39, 0.29) is 12.4 Å². The van der Waals surface area contributed by atoms with Crippen LogP contribution in [0.1, 0.15) is 16.8 Å². The Labute approximate surface area is 141 Å². The molecule has 0 unspecified atom stereocenters. The highest BCUT2D eigenvalue weighted by Crippen LogP contribution is 2.26. The van der Waals surface area contributed by atoms with Gasteiger partial charge in [0.2, 0.25) is 0 Å². The monoisotopic (exact) mass is 321 g/mol. The van der Waals surface area contributed by atoms with Gasteiger partial charge in [-0.1, -0.05) is 42.5 Å². The number of nitrogens with zero attached hydrogens (tertiary/aromatic N) is 1. The predicted molar refractivity (Wildman–Crippen MR) is 93.3 cm³/mol. The van der Waals surface area contributed by atoms with Gasteiger partial charge in [-0.25, -0.2) is 0 Å². The number of methoxy groups -OCH3 is 2. The predicted octanol–water partition coefficient (Wildman–Crippen LogP) is 3.55. The fourth-order valence-electron chi connectivity index (χ4n) is 2.85. The van der Waals surface area contributed by atoms with Crippen LogP contribution in [0, 0.1) is 0 Å². The Morgan fingerprint density at radius 2 is 1.67 bits per heavy atom. The molecule has 4 nitrogen and oxygen atoms in total. The van der Waals surface area contributed by atoms with E-state index in [1.54, 1.807) is 13.3 Å².